The van der Waals surface area contributed by atoms with Crippen molar-refractivity contribution in [2.24, 2.45) is 23.1 Å². The molecule has 0 radical (unpaired) electrons. The van der Waals surface area contributed by atoms with Crippen LogP contribution in [0.25, 0.3) is 0 Å². The number of aliphatic hydroxyl groups is 1. The smallest absolute Gasteiger partial charge is 0.316 e. The second-order valence-electron chi connectivity index (χ2n) is 7.77. The van der Waals surface area contributed by atoms with Crippen molar-refractivity contribution < 1.29 is 43.3 Å². The van der Waals surface area contributed by atoms with E-state index in [-0.39, 0.29) is 38.9 Å². The van der Waals surface area contributed by atoms with Crippen molar-refractivity contribution in [3.8, 4) is 0 Å². The highest BCUT2D eigenvalue weighted by Crippen LogP contribution is 2.08. The zero-order valence-corrected chi connectivity index (χ0v) is 20.4. The normalized spacial score (nSPS) is 14.0. The molecule has 206 valence electrons. The molecule has 36 heavy (non-hydrogen) atoms. The number of amides is 7. The van der Waals surface area contributed by atoms with Crippen LogP contribution in [-0.2, 0) is 33.4 Å². The third-order valence-corrected chi connectivity index (χ3v) is 4.85. The van der Waals surface area contributed by atoms with E-state index in [0.29, 0.717) is 6.42 Å². The minimum Gasteiger partial charge on any atom is -0.394 e. The fourth-order valence-corrected chi connectivity index (χ4v) is 2.65. The van der Waals surface area contributed by atoms with Gasteiger partial charge in [-0.25, -0.2) is 4.79 Å². The summed E-state index contributed by atoms with van der Waals surface area (Å²) in [6.07, 6.45) is 0.0734. The van der Waals surface area contributed by atoms with Crippen LogP contribution in [0.4, 0.5) is 4.79 Å². The standard InChI is InChI=1S/C20H37N7O9/c1-3-11(2)16(27-20(34)26-12(17(22)31)8-14(21)29)19(33)24-4-5-35-6-7-36-10-15(30)25-13(9-28)18(23)32/h11-13,16,28H,3-10H2,1-2H3,(H2,21,29)(H2,22,31)(H2,23,32)(H,24,33)(H,25,30)(H2,26,27,34)/t11?,12-,13+,16-/m1/s1. The summed E-state index contributed by atoms with van der Waals surface area (Å²) in [5.41, 5.74) is 15.2. The Bertz CT molecular complexity index is 766. The Labute approximate surface area is 208 Å². The van der Waals surface area contributed by atoms with Crippen LogP contribution in [0.5, 0.6) is 0 Å². The molecule has 0 aromatic heterocycles. The van der Waals surface area contributed by atoms with E-state index in [0.717, 1.165) is 0 Å². The second-order valence-corrected chi connectivity index (χ2v) is 7.77. The van der Waals surface area contributed by atoms with Crippen LogP contribution in [0, 0.1) is 5.92 Å². The lowest BCUT2D eigenvalue weighted by atomic mass is 9.98. The number of hydrogen-bond acceptors (Lipinski definition) is 9. The minimum atomic E-state index is -1.32. The first-order chi connectivity index (χ1) is 16.9. The molecule has 0 aromatic rings. The average Bonchev–Trinajstić information content (AvgIpc) is 2.80. The van der Waals surface area contributed by atoms with E-state index >= 15 is 0 Å². The molecule has 0 heterocycles. The van der Waals surface area contributed by atoms with Gasteiger partial charge in [-0.2, -0.15) is 0 Å². The van der Waals surface area contributed by atoms with E-state index in [1.807, 2.05) is 6.92 Å². The van der Waals surface area contributed by atoms with Crippen LogP contribution < -0.4 is 38.5 Å². The number of nitrogens with two attached hydrogens (primary N) is 3. The van der Waals surface area contributed by atoms with Crippen molar-refractivity contribution in [2.45, 2.75) is 44.8 Å². The van der Waals surface area contributed by atoms with Crippen LogP contribution >= 0.6 is 0 Å². The molecular formula is C20H37N7O9. The molecule has 0 rings (SSSR count). The first-order valence-corrected chi connectivity index (χ1v) is 11.2. The van der Waals surface area contributed by atoms with Crippen molar-refractivity contribution in [2.75, 3.05) is 39.6 Å². The van der Waals surface area contributed by atoms with Crippen molar-refractivity contribution in [3.05, 3.63) is 0 Å². The molecule has 16 heteroatoms. The highest BCUT2D eigenvalue weighted by Gasteiger charge is 2.28. The van der Waals surface area contributed by atoms with Crippen LogP contribution in [0.2, 0.25) is 0 Å². The van der Waals surface area contributed by atoms with Gasteiger partial charge in [0.15, 0.2) is 0 Å². The molecule has 0 aliphatic carbocycles. The highest BCUT2D eigenvalue weighted by atomic mass is 16.5. The largest absolute Gasteiger partial charge is 0.394 e. The zero-order chi connectivity index (χ0) is 27.7. The molecule has 0 saturated carbocycles. The Balaban J connectivity index is 4.37. The molecule has 11 N–H and O–H groups in total. The highest BCUT2D eigenvalue weighted by molar-refractivity contribution is 5.92. The SMILES string of the molecule is CCC(C)[C@@H](NC(=O)N[C@H](CC(N)=O)C(N)=O)C(=O)NCCOCCOCC(=O)N[C@@H](CO)C(N)=O. The summed E-state index contributed by atoms with van der Waals surface area (Å²) >= 11 is 0. The second kappa shape index (κ2) is 17.9. The Morgan fingerprint density at radius 3 is 2.00 bits per heavy atom. The molecule has 0 saturated heterocycles. The van der Waals surface area contributed by atoms with Crippen molar-refractivity contribution in [1.29, 1.82) is 0 Å². The number of urea groups is 1. The minimum absolute atomic E-state index is 0.0469. The van der Waals surface area contributed by atoms with Gasteiger partial charge < -0.3 is 53.0 Å². The maximum atomic E-state index is 12.6. The van der Waals surface area contributed by atoms with Crippen LogP contribution in [0.3, 0.4) is 0 Å². The lowest BCUT2D eigenvalue weighted by Gasteiger charge is -2.24. The van der Waals surface area contributed by atoms with Crippen LogP contribution in [-0.4, -0.2) is 98.4 Å². The summed E-state index contributed by atoms with van der Waals surface area (Å²) in [6.45, 7) is 2.94. The van der Waals surface area contributed by atoms with Crippen LogP contribution in [0.15, 0.2) is 0 Å². The monoisotopic (exact) mass is 519 g/mol. The first kappa shape index (κ1) is 32.5. The predicted octanol–water partition coefficient (Wildman–Crippen LogP) is -4.46. The zero-order valence-electron chi connectivity index (χ0n) is 20.4. The summed E-state index contributed by atoms with van der Waals surface area (Å²) < 4.78 is 10.4. The number of carbonyl (C=O) groups is 6. The van der Waals surface area contributed by atoms with Gasteiger partial charge in [-0.15, -0.1) is 0 Å². The summed E-state index contributed by atoms with van der Waals surface area (Å²) in [5.74, 6) is -4.04. The number of ether oxygens (including phenoxy) is 2. The van der Waals surface area contributed by atoms with Gasteiger partial charge in [0, 0.05) is 6.54 Å². The van der Waals surface area contributed by atoms with E-state index in [4.69, 9.17) is 31.8 Å². The number of rotatable bonds is 19. The van der Waals surface area contributed by atoms with Crippen molar-refractivity contribution in [3.63, 3.8) is 0 Å². The van der Waals surface area contributed by atoms with Crippen molar-refractivity contribution in [1.82, 2.24) is 21.3 Å². The van der Waals surface area contributed by atoms with Gasteiger partial charge in [-0.1, -0.05) is 20.3 Å². The molecule has 0 aliphatic heterocycles. The van der Waals surface area contributed by atoms with E-state index in [1.165, 1.54) is 0 Å². The first-order valence-electron chi connectivity index (χ1n) is 11.2. The molecule has 0 aliphatic rings. The molecular weight excluding hydrogens is 482 g/mol. The Morgan fingerprint density at radius 1 is 0.861 bits per heavy atom. The number of primary amides is 3. The molecule has 16 nitrogen and oxygen atoms in total. The van der Waals surface area contributed by atoms with Gasteiger partial charge in [0.05, 0.1) is 32.8 Å². The molecule has 1 unspecified atom stereocenters. The third kappa shape index (κ3) is 14.0. The van der Waals surface area contributed by atoms with E-state index in [2.05, 4.69) is 21.3 Å². The maximum absolute atomic E-state index is 12.6. The van der Waals surface area contributed by atoms with Gasteiger partial charge in [0.1, 0.15) is 24.7 Å². The number of nitrogens with one attached hydrogen (secondary N) is 4. The van der Waals surface area contributed by atoms with E-state index in [9.17, 15) is 28.8 Å². The van der Waals surface area contributed by atoms with Gasteiger partial charge in [0.2, 0.25) is 29.5 Å². The predicted molar refractivity (Wildman–Crippen MR) is 125 cm³/mol. The topological polar surface area (TPSA) is 267 Å². The number of aliphatic hydroxyl groups excluding tert-OH is 1. The lowest BCUT2D eigenvalue weighted by Crippen LogP contribution is -2.56. The third-order valence-electron chi connectivity index (χ3n) is 4.85. The molecule has 0 bridgehead atoms. The van der Waals surface area contributed by atoms with E-state index < -0.39 is 66.7 Å². The summed E-state index contributed by atoms with van der Waals surface area (Å²) in [7, 11) is 0. The van der Waals surface area contributed by atoms with Gasteiger partial charge in [-0.05, 0) is 5.92 Å². The average molecular weight is 520 g/mol. The molecule has 7 amide bonds. The Kier molecular flexibility index (Phi) is 16.1. The van der Waals surface area contributed by atoms with Crippen molar-refractivity contribution >= 4 is 35.6 Å². The van der Waals surface area contributed by atoms with E-state index in [1.54, 1.807) is 6.92 Å². The molecule has 0 fully saturated rings. The van der Waals surface area contributed by atoms with Gasteiger partial charge in [-0.3, -0.25) is 24.0 Å². The summed E-state index contributed by atoms with van der Waals surface area (Å²) in [4.78, 5) is 69.7. The number of carbonyl (C=O) groups excluding carboxylic acids is 6. The fraction of sp³-hybridized carbons (Fsp3) is 0.700. The molecule has 0 aromatic carbocycles. The fourth-order valence-electron chi connectivity index (χ4n) is 2.65. The summed E-state index contributed by atoms with van der Waals surface area (Å²) in [6, 6.07) is -4.31. The molecule has 4 atom stereocenters. The Hall–Kier alpha value is -3.50. The Morgan fingerprint density at radius 2 is 1.47 bits per heavy atom. The number of hydrogen-bond donors (Lipinski definition) is 8. The van der Waals surface area contributed by atoms with Crippen LogP contribution in [0.1, 0.15) is 26.7 Å². The lowest BCUT2D eigenvalue weighted by molar-refractivity contribution is -0.131. The van der Waals surface area contributed by atoms with Gasteiger partial charge in [0.25, 0.3) is 0 Å². The quantitative estimate of drug-likeness (QED) is 0.0763. The summed E-state index contributed by atoms with van der Waals surface area (Å²) in [5, 5.41) is 18.4. The molecule has 0 spiro atoms. The van der Waals surface area contributed by atoms with Gasteiger partial charge >= 0.3 is 6.03 Å². The maximum Gasteiger partial charge on any atom is 0.316 e.